The third kappa shape index (κ3) is 3.70. The quantitative estimate of drug-likeness (QED) is 0.882. The van der Waals surface area contributed by atoms with Crippen molar-refractivity contribution in [3.05, 3.63) is 53.9 Å². The summed E-state index contributed by atoms with van der Waals surface area (Å²) in [6, 6.07) is 6.80. The van der Waals surface area contributed by atoms with Crippen LogP contribution in [-0.2, 0) is 12.6 Å². The summed E-state index contributed by atoms with van der Waals surface area (Å²) in [5.41, 5.74) is -3.04. The van der Waals surface area contributed by atoms with Gasteiger partial charge in [-0.3, -0.25) is 9.48 Å². The van der Waals surface area contributed by atoms with Crippen LogP contribution < -0.4 is 5.32 Å². The Morgan fingerprint density at radius 2 is 1.96 bits per heavy atom. The molecule has 0 bridgehead atoms. The third-order valence-electron chi connectivity index (χ3n) is 3.46. The maximum Gasteiger partial charge on any atom is 0.421 e. The predicted molar refractivity (Wildman–Crippen MR) is 76.6 cm³/mol. The van der Waals surface area contributed by atoms with E-state index in [9.17, 15) is 23.1 Å². The Balaban J connectivity index is 2.07. The zero-order chi connectivity index (χ0) is 17.1. The van der Waals surface area contributed by atoms with Gasteiger partial charge in [-0.2, -0.15) is 18.3 Å². The molecule has 124 valence electrons. The molecule has 0 spiro atoms. The second-order valence-corrected chi connectivity index (χ2v) is 5.13. The van der Waals surface area contributed by atoms with Crippen LogP contribution in [0.15, 0.2) is 42.7 Å². The van der Waals surface area contributed by atoms with Crippen molar-refractivity contribution in [1.29, 1.82) is 0 Å². The molecule has 0 aliphatic rings. The van der Waals surface area contributed by atoms with E-state index in [1.54, 1.807) is 13.1 Å². The van der Waals surface area contributed by atoms with Crippen LogP contribution in [0.2, 0.25) is 0 Å². The van der Waals surface area contributed by atoms with Crippen LogP contribution in [0.3, 0.4) is 0 Å². The van der Waals surface area contributed by atoms with Gasteiger partial charge in [0.2, 0.25) is 0 Å². The Hall–Kier alpha value is -2.35. The molecule has 1 atom stereocenters. The van der Waals surface area contributed by atoms with Crippen LogP contribution in [0.25, 0.3) is 0 Å². The fourth-order valence-corrected chi connectivity index (χ4v) is 2.16. The van der Waals surface area contributed by atoms with E-state index >= 15 is 0 Å². The van der Waals surface area contributed by atoms with E-state index < -0.39 is 24.1 Å². The molecule has 2 N–H and O–H groups in total. The van der Waals surface area contributed by atoms with Gasteiger partial charge in [0.25, 0.3) is 5.91 Å². The lowest BCUT2D eigenvalue weighted by atomic mass is 9.89. The number of hydrogen-bond acceptors (Lipinski definition) is 3. The van der Waals surface area contributed by atoms with Gasteiger partial charge in [-0.15, -0.1) is 0 Å². The van der Waals surface area contributed by atoms with Crippen LogP contribution >= 0.6 is 0 Å². The van der Waals surface area contributed by atoms with Gasteiger partial charge in [-0.1, -0.05) is 30.3 Å². The van der Waals surface area contributed by atoms with Crippen molar-refractivity contribution in [2.45, 2.75) is 18.2 Å². The molecule has 0 aliphatic heterocycles. The number of aliphatic hydroxyl groups is 1. The molecule has 0 aliphatic carbocycles. The number of hydrogen-bond donors (Lipinski definition) is 2. The van der Waals surface area contributed by atoms with E-state index in [0.717, 1.165) is 0 Å². The van der Waals surface area contributed by atoms with Crippen molar-refractivity contribution in [1.82, 2.24) is 15.1 Å². The van der Waals surface area contributed by atoms with Crippen LogP contribution in [0, 0.1) is 0 Å². The van der Waals surface area contributed by atoms with Gasteiger partial charge in [0.15, 0.2) is 5.60 Å². The molecule has 1 aromatic heterocycles. The summed E-state index contributed by atoms with van der Waals surface area (Å²) in [7, 11) is 1.62. The summed E-state index contributed by atoms with van der Waals surface area (Å²) in [6.07, 6.45) is -2.79. The average molecular weight is 327 g/mol. The highest BCUT2D eigenvalue weighted by molar-refractivity contribution is 5.93. The van der Waals surface area contributed by atoms with Gasteiger partial charge in [0, 0.05) is 26.2 Å². The molecular weight excluding hydrogens is 311 g/mol. The number of aryl methyl sites for hydroxylation is 1. The Kier molecular flexibility index (Phi) is 4.74. The number of nitrogens with zero attached hydrogens (tertiary/aromatic N) is 2. The lowest BCUT2D eigenvalue weighted by Gasteiger charge is -2.31. The number of alkyl halides is 3. The first-order valence-corrected chi connectivity index (χ1v) is 6.85. The zero-order valence-electron chi connectivity index (χ0n) is 12.3. The summed E-state index contributed by atoms with van der Waals surface area (Å²) < 4.78 is 41.2. The first kappa shape index (κ1) is 17.0. The molecule has 0 fully saturated rings. The highest BCUT2D eigenvalue weighted by Crippen LogP contribution is 2.41. The Morgan fingerprint density at radius 3 is 2.48 bits per heavy atom. The normalized spacial score (nSPS) is 14.3. The van der Waals surface area contributed by atoms with Gasteiger partial charge < -0.3 is 10.4 Å². The zero-order valence-corrected chi connectivity index (χ0v) is 12.3. The molecule has 1 amide bonds. The van der Waals surface area contributed by atoms with E-state index in [-0.39, 0.29) is 17.7 Å². The second-order valence-electron chi connectivity index (χ2n) is 5.13. The Morgan fingerprint density at radius 1 is 1.30 bits per heavy atom. The highest BCUT2D eigenvalue weighted by atomic mass is 19.4. The van der Waals surface area contributed by atoms with E-state index in [0.29, 0.717) is 0 Å². The van der Waals surface area contributed by atoms with Crippen molar-refractivity contribution >= 4 is 5.91 Å². The lowest BCUT2D eigenvalue weighted by molar-refractivity contribution is -0.268. The number of amides is 1. The minimum Gasteiger partial charge on any atom is -0.376 e. The highest BCUT2D eigenvalue weighted by Gasteiger charge is 2.54. The number of halogens is 3. The maximum atomic E-state index is 13.3. The lowest BCUT2D eigenvalue weighted by Crippen LogP contribution is -2.45. The average Bonchev–Trinajstić information content (AvgIpc) is 2.93. The monoisotopic (exact) mass is 327 g/mol. The first-order chi connectivity index (χ1) is 10.7. The molecule has 8 heteroatoms. The molecule has 0 radical (unpaired) electrons. The summed E-state index contributed by atoms with van der Waals surface area (Å²) in [5.74, 6) is -0.546. The van der Waals surface area contributed by atoms with Crippen molar-refractivity contribution in [3.63, 3.8) is 0 Å². The van der Waals surface area contributed by atoms with Crippen LogP contribution in [0.1, 0.15) is 22.3 Å². The number of rotatable bonds is 5. The predicted octanol–water partition coefficient (Wildman–Crippen LogP) is 1.99. The fraction of sp³-hybridized carbons (Fsp3) is 0.333. The molecule has 23 heavy (non-hydrogen) atoms. The molecule has 2 rings (SSSR count). The van der Waals surface area contributed by atoms with Crippen molar-refractivity contribution in [2.24, 2.45) is 7.05 Å². The van der Waals surface area contributed by atoms with Gasteiger partial charge in [-0.25, -0.2) is 0 Å². The van der Waals surface area contributed by atoms with Gasteiger partial charge in [0.1, 0.15) is 0 Å². The van der Waals surface area contributed by atoms with Crippen LogP contribution in [0.5, 0.6) is 0 Å². The van der Waals surface area contributed by atoms with E-state index in [1.807, 2.05) is 0 Å². The molecule has 1 unspecified atom stereocenters. The summed E-state index contributed by atoms with van der Waals surface area (Å²) >= 11 is 0. The first-order valence-electron chi connectivity index (χ1n) is 6.85. The SMILES string of the molecule is Cn1cc(C(=O)NCCC(O)(c2ccccc2)C(F)(F)F)cn1. The Labute approximate surface area is 130 Å². The third-order valence-corrected chi connectivity index (χ3v) is 3.46. The molecule has 1 heterocycles. The van der Waals surface area contributed by atoms with Crippen molar-refractivity contribution in [2.75, 3.05) is 6.54 Å². The standard InChI is InChI=1S/C15H16F3N3O2/c1-21-10-11(9-20-21)13(22)19-8-7-14(23,15(16,17)18)12-5-3-2-4-6-12/h2-6,9-10,23H,7-8H2,1H3,(H,19,22). The summed E-state index contributed by atoms with van der Waals surface area (Å²) in [4.78, 5) is 11.8. The molecule has 2 aromatic rings. The molecule has 5 nitrogen and oxygen atoms in total. The number of carbonyl (C=O) groups is 1. The van der Waals surface area contributed by atoms with E-state index in [2.05, 4.69) is 10.4 Å². The van der Waals surface area contributed by atoms with Gasteiger partial charge >= 0.3 is 6.18 Å². The number of nitrogens with one attached hydrogen (secondary N) is 1. The molecule has 0 saturated carbocycles. The van der Waals surface area contributed by atoms with Crippen molar-refractivity contribution in [3.8, 4) is 0 Å². The van der Waals surface area contributed by atoms with Crippen molar-refractivity contribution < 1.29 is 23.1 Å². The minimum atomic E-state index is -4.85. The van der Waals surface area contributed by atoms with E-state index in [1.165, 1.54) is 41.3 Å². The molecule has 0 saturated heterocycles. The second kappa shape index (κ2) is 6.41. The number of aromatic nitrogens is 2. The largest absolute Gasteiger partial charge is 0.421 e. The maximum absolute atomic E-state index is 13.3. The van der Waals surface area contributed by atoms with Gasteiger partial charge in [0.05, 0.1) is 11.8 Å². The van der Waals surface area contributed by atoms with E-state index in [4.69, 9.17) is 0 Å². The smallest absolute Gasteiger partial charge is 0.376 e. The number of carbonyl (C=O) groups excluding carboxylic acids is 1. The number of benzene rings is 1. The van der Waals surface area contributed by atoms with Crippen LogP contribution in [0.4, 0.5) is 13.2 Å². The van der Waals surface area contributed by atoms with Crippen LogP contribution in [-0.4, -0.2) is 33.5 Å². The fourth-order valence-electron chi connectivity index (χ4n) is 2.16. The topological polar surface area (TPSA) is 67.2 Å². The minimum absolute atomic E-state index is 0.239. The summed E-state index contributed by atoms with van der Waals surface area (Å²) in [6.45, 7) is -0.335. The molecular formula is C15H16F3N3O2. The Bertz CT molecular complexity index is 670. The van der Waals surface area contributed by atoms with Gasteiger partial charge in [-0.05, 0) is 5.56 Å². The molecule has 1 aromatic carbocycles. The summed E-state index contributed by atoms with van der Waals surface area (Å²) in [5, 5.41) is 16.3.